The number of nitrogens with two attached hydrogens (primary N) is 1. The molecular formula is C20H28N2. The fourth-order valence-corrected chi connectivity index (χ4v) is 2.74. The predicted molar refractivity (Wildman–Crippen MR) is 93.9 cm³/mol. The van der Waals surface area contributed by atoms with Crippen LogP contribution in [0.5, 0.6) is 0 Å². The molecule has 1 aromatic carbocycles. The van der Waals surface area contributed by atoms with Gasteiger partial charge in [0, 0.05) is 31.1 Å². The number of benzene rings is 1. The van der Waals surface area contributed by atoms with Crippen LogP contribution < -0.4 is 11.1 Å². The minimum absolute atomic E-state index is 0.558. The average molecular weight is 296 g/mol. The third-order valence-corrected chi connectivity index (χ3v) is 4.26. The van der Waals surface area contributed by atoms with Gasteiger partial charge in [-0.3, -0.25) is 0 Å². The van der Waals surface area contributed by atoms with E-state index in [1.165, 1.54) is 36.8 Å². The van der Waals surface area contributed by atoms with Crippen molar-refractivity contribution >= 4 is 0 Å². The molecule has 0 aromatic heterocycles. The Hall–Kier alpha value is -1.72. The number of rotatable bonds is 7. The Bertz CT molecular complexity index is 519. The van der Waals surface area contributed by atoms with E-state index in [4.69, 9.17) is 5.73 Å². The van der Waals surface area contributed by atoms with Gasteiger partial charge in [0.1, 0.15) is 0 Å². The van der Waals surface area contributed by atoms with Crippen molar-refractivity contribution in [3.63, 3.8) is 0 Å². The molecule has 2 nitrogen and oxygen atoms in total. The Morgan fingerprint density at radius 2 is 1.95 bits per heavy atom. The molecule has 118 valence electrons. The third kappa shape index (κ3) is 5.95. The van der Waals surface area contributed by atoms with Crippen molar-refractivity contribution in [1.82, 2.24) is 5.32 Å². The molecule has 1 aliphatic rings. The van der Waals surface area contributed by atoms with E-state index in [9.17, 15) is 0 Å². The van der Waals surface area contributed by atoms with Crippen molar-refractivity contribution in [2.24, 2.45) is 11.7 Å². The fourth-order valence-electron chi connectivity index (χ4n) is 2.74. The molecule has 2 heteroatoms. The van der Waals surface area contributed by atoms with Crippen LogP contribution in [0.25, 0.3) is 0 Å². The van der Waals surface area contributed by atoms with E-state index >= 15 is 0 Å². The highest BCUT2D eigenvalue weighted by atomic mass is 14.9. The lowest BCUT2D eigenvalue weighted by atomic mass is 9.94. The number of hydrogen-bond donors (Lipinski definition) is 2. The van der Waals surface area contributed by atoms with E-state index in [1.54, 1.807) is 0 Å². The molecular weight excluding hydrogens is 268 g/mol. The van der Waals surface area contributed by atoms with Crippen LogP contribution in [-0.4, -0.2) is 0 Å². The first-order chi connectivity index (χ1) is 10.8. The monoisotopic (exact) mass is 296 g/mol. The quantitative estimate of drug-likeness (QED) is 0.743. The van der Waals surface area contributed by atoms with Gasteiger partial charge < -0.3 is 11.1 Å². The molecule has 0 spiro atoms. The van der Waals surface area contributed by atoms with Crippen molar-refractivity contribution < 1.29 is 0 Å². The average Bonchev–Trinajstić information content (AvgIpc) is 2.52. The summed E-state index contributed by atoms with van der Waals surface area (Å²) in [5, 5.41) is 3.43. The highest BCUT2D eigenvalue weighted by Crippen LogP contribution is 2.19. The van der Waals surface area contributed by atoms with Gasteiger partial charge >= 0.3 is 0 Å². The summed E-state index contributed by atoms with van der Waals surface area (Å²) < 4.78 is 0. The Balaban J connectivity index is 1.70. The van der Waals surface area contributed by atoms with E-state index in [-0.39, 0.29) is 0 Å². The second kappa shape index (κ2) is 9.33. The molecule has 1 atom stereocenters. The minimum atomic E-state index is 0.558. The fraction of sp³-hybridized carbons (Fsp3) is 0.500. The van der Waals surface area contributed by atoms with Gasteiger partial charge in [-0.15, -0.1) is 5.92 Å². The van der Waals surface area contributed by atoms with Crippen LogP contribution in [0.4, 0.5) is 0 Å². The first-order valence-electron chi connectivity index (χ1n) is 8.46. The maximum absolute atomic E-state index is 5.61. The van der Waals surface area contributed by atoms with Crippen LogP contribution in [0.15, 0.2) is 36.5 Å². The predicted octanol–water partition coefficient (Wildman–Crippen LogP) is 4.11. The SMILES string of the molecule is C=C(CCC1C#CCCCCC1)NCc1ccc(CN)cc1. The standard InChI is InChI=1S/C20H28N2/c1-17(9-10-18-7-5-3-2-4-6-8-18)22-16-20-13-11-19(15-21)12-14-20/h11-14,18,22H,1-5,7,9-10,15-16,21H2. The summed E-state index contributed by atoms with van der Waals surface area (Å²) in [7, 11) is 0. The van der Waals surface area contributed by atoms with Gasteiger partial charge in [0.25, 0.3) is 0 Å². The van der Waals surface area contributed by atoms with Gasteiger partial charge in [-0.25, -0.2) is 0 Å². The minimum Gasteiger partial charge on any atom is -0.385 e. The van der Waals surface area contributed by atoms with E-state index in [2.05, 4.69) is 48.0 Å². The van der Waals surface area contributed by atoms with Gasteiger partial charge in [-0.05, 0) is 36.8 Å². The molecule has 3 N–H and O–H groups in total. The second-order valence-corrected chi connectivity index (χ2v) is 6.13. The van der Waals surface area contributed by atoms with Crippen LogP contribution in [0.3, 0.4) is 0 Å². The lowest BCUT2D eigenvalue weighted by molar-refractivity contribution is 0.503. The molecule has 0 amide bonds. The van der Waals surface area contributed by atoms with Gasteiger partial charge in [-0.2, -0.15) is 0 Å². The second-order valence-electron chi connectivity index (χ2n) is 6.13. The highest BCUT2D eigenvalue weighted by molar-refractivity contribution is 5.22. The molecule has 1 aromatic rings. The molecule has 1 unspecified atom stereocenters. The van der Waals surface area contributed by atoms with Crippen LogP contribution >= 0.6 is 0 Å². The van der Waals surface area contributed by atoms with Crippen molar-refractivity contribution in [2.45, 2.75) is 58.0 Å². The molecule has 0 radical (unpaired) electrons. The summed E-state index contributed by atoms with van der Waals surface area (Å²) in [5.41, 5.74) is 9.17. The van der Waals surface area contributed by atoms with Gasteiger partial charge in [0.15, 0.2) is 0 Å². The van der Waals surface area contributed by atoms with Crippen LogP contribution in [0.2, 0.25) is 0 Å². The molecule has 0 saturated carbocycles. The van der Waals surface area contributed by atoms with Crippen molar-refractivity contribution in [1.29, 1.82) is 0 Å². The molecule has 0 aliphatic heterocycles. The molecule has 0 fully saturated rings. The molecule has 2 rings (SSSR count). The summed E-state index contributed by atoms with van der Waals surface area (Å²) in [6.45, 7) is 5.58. The highest BCUT2D eigenvalue weighted by Gasteiger charge is 2.08. The molecule has 0 saturated heterocycles. The zero-order chi connectivity index (χ0) is 15.6. The van der Waals surface area contributed by atoms with E-state index in [0.717, 1.165) is 31.5 Å². The summed E-state index contributed by atoms with van der Waals surface area (Å²) in [5.74, 6) is 7.31. The third-order valence-electron chi connectivity index (χ3n) is 4.26. The topological polar surface area (TPSA) is 38.0 Å². The lowest BCUT2D eigenvalue weighted by Gasteiger charge is -2.15. The Morgan fingerprint density at radius 1 is 1.18 bits per heavy atom. The summed E-state index contributed by atoms with van der Waals surface area (Å²) in [6, 6.07) is 8.43. The van der Waals surface area contributed by atoms with Gasteiger partial charge in [0.05, 0.1) is 0 Å². The molecule has 0 bridgehead atoms. The largest absolute Gasteiger partial charge is 0.385 e. The maximum Gasteiger partial charge on any atom is 0.0397 e. The van der Waals surface area contributed by atoms with E-state index in [1.807, 2.05) is 0 Å². The Labute approximate surface area is 135 Å². The maximum atomic E-state index is 5.61. The summed E-state index contributed by atoms with van der Waals surface area (Å²) in [4.78, 5) is 0. The zero-order valence-corrected chi connectivity index (χ0v) is 13.5. The van der Waals surface area contributed by atoms with Crippen molar-refractivity contribution in [3.05, 3.63) is 47.7 Å². The van der Waals surface area contributed by atoms with E-state index < -0.39 is 0 Å². The molecule has 22 heavy (non-hydrogen) atoms. The zero-order valence-electron chi connectivity index (χ0n) is 13.5. The normalized spacial score (nSPS) is 17.8. The van der Waals surface area contributed by atoms with Crippen LogP contribution in [-0.2, 0) is 13.1 Å². The smallest absolute Gasteiger partial charge is 0.0397 e. The van der Waals surface area contributed by atoms with Gasteiger partial charge in [-0.1, -0.05) is 49.6 Å². The Kier molecular flexibility index (Phi) is 7.06. The Morgan fingerprint density at radius 3 is 2.73 bits per heavy atom. The van der Waals surface area contributed by atoms with E-state index in [0.29, 0.717) is 12.5 Å². The van der Waals surface area contributed by atoms with Gasteiger partial charge in [0.2, 0.25) is 0 Å². The lowest BCUT2D eigenvalue weighted by Crippen LogP contribution is -2.13. The molecule has 0 heterocycles. The first-order valence-corrected chi connectivity index (χ1v) is 8.46. The van der Waals surface area contributed by atoms with Crippen LogP contribution in [0.1, 0.15) is 56.1 Å². The first kappa shape index (κ1) is 16.6. The summed E-state index contributed by atoms with van der Waals surface area (Å²) in [6.07, 6.45) is 8.41. The van der Waals surface area contributed by atoms with Crippen molar-refractivity contribution in [2.75, 3.05) is 0 Å². The molecule has 1 aliphatic carbocycles. The number of nitrogens with one attached hydrogen (secondary N) is 1. The number of hydrogen-bond acceptors (Lipinski definition) is 2. The summed E-state index contributed by atoms with van der Waals surface area (Å²) >= 11 is 0. The van der Waals surface area contributed by atoms with Crippen molar-refractivity contribution in [3.8, 4) is 11.8 Å². The number of allylic oxidation sites excluding steroid dienone is 1. The van der Waals surface area contributed by atoms with Crippen LogP contribution in [0, 0.1) is 17.8 Å².